The van der Waals surface area contributed by atoms with Gasteiger partial charge < -0.3 is 0 Å². The van der Waals surface area contributed by atoms with E-state index in [2.05, 4.69) is 30.2 Å². The molecule has 5 nitrogen and oxygen atoms in total. The summed E-state index contributed by atoms with van der Waals surface area (Å²) in [6, 6.07) is 1.35. The topological polar surface area (TPSA) is 72.0 Å². The average Bonchev–Trinajstić information content (AvgIpc) is 2.66. The van der Waals surface area contributed by atoms with E-state index in [0.717, 1.165) is 17.6 Å². The van der Waals surface area contributed by atoms with Gasteiger partial charge in [0.2, 0.25) is 0 Å². The van der Waals surface area contributed by atoms with E-state index in [-0.39, 0.29) is 9.47 Å². The maximum Gasteiger partial charge on any atom is 0.266 e. The van der Waals surface area contributed by atoms with Crippen LogP contribution in [0, 0.1) is 11.6 Å². The van der Waals surface area contributed by atoms with Crippen molar-refractivity contribution in [3.63, 3.8) is 0 Å². The fraction of sp³-hybridized carbons (Fsp3) is 0. The quantitative estimate of drug-likeness (QED) is 0.917. The van der Waals surface area contributed by atoms with Crippen molar-refractivity contribution < 1.29 is 17.2 Å². The van der Waals surface area contributed by atoms with E-state index in [1.54, 1.807) is 0 Å². The molecular formula is C8H4BrF2N3O2S2. The first kappa shape index (κ1) is 13.3. The molecule has 0 saturated carbocycles. The van der Waals surface area contributed by atoms with Gasteiger partial charge in [0, 0.05) is 22.1 Å². The second kappa shape index (κ2) is 4.86. The highest BCUT2D eigenvalue weighted by molar-refractivity contribution is 9.10. The third-order valence-corrected chi connectivity index (χ3v) is 4.87. The number of sulfonamides is 1. The molecule has 0 radical (unpaired) electrons. The van der Waals surface area contributed by atoms with Gasteiger partial charge in [0.1, 0.15) is 21.5 Å². The number of anilines is 1. The lowest BCUT2D eigenvalue weighted by Gasteiger charge is -2.08. The van der Waals surface area contributed by atoms with Crippen LogP contribution in [-0.2, 0) is 10.0 Å². The van der Waals surface area contributed by atoms with Crippen molar-refractivity contribution in [2.45, 2.75) is 4.90 Å². The molecule has 1 N–H and O–H groups in total. The molecule has 1 aromatic carbocycles. The molecular weight excluding hydrogens is 352 g/mol. The Morgan fingerprint density at radius 1 is 1.33 bits per heavy atom. The zero-order valence-electron chi connectivity index (χ0n) is 8.39. The monoisotopic (exact) mass is 355 g/mol. The molecule has 0 bridgehead atoms. The SMILES string of the molecule is O=S(=O)(Nc1cnns1)c1c(F)cc(F)cc1Br. The van der Waals surface area contributed by atoms with E-state index < -0.39 is 26.6 Å². The zero-order chi connectivity index (χ0) is 13.3. The predicted octanol–water partition coefficient (Wildman–Crippen LogP) is 2.38. The van der Waals surface area contributed by atoms with E-state index in [1.165, 1.54) is 6.20 Å². The molecule has 1 heterocycles. The first-order valence-electron chi connectivity index (χ1n) is 4.35. The Kier molecular flexibility index (Phi) is 3.59. The summed E-state index contributed by atoms with van der Waals surface area (Å²) in [5, 5.41) is 3.57. The summed E-state index contributed by atoms with van der Waals surface area (Å²) >= 11 is 3.61. The normalized spacial score (nSPS) is 11.5. The van der Waals surface area contributed by atoms with Crippen molar-refractivity contribution in [2.24, 2.45) is 0 Å². The lowest BCUT2D eigenvalue weighted by Crippen LogP contribution is -2.14. The number of aromatic nitrogens is 2. The molecule has 10 heteroatoms. The van der Waals surface area contributed by atoms with Gasteiger partial charge in [0.05, 0.1) is 6.20 Å². The van der Waals surface area contributed by atoms with Crippen molar-refractivity contribution in [3.05, 3.63) is 34.4 Å². The number of hydrogen-bond acceptors (Lipinski definition) is 5. The van der Waals surface area contributed by atoms with Crippen LogP contribution in [0.2, 0.25) is 0 Å². The molecule has 0 saturated heterocycles. The molecule has 0 amide bonds. The third-order valence-electron chi connectivity index (χ3n) is 1.83. The van der Waals surface area contributed by atoms with Gasteiger partial charge in [-0.15, -0.1) is 5.10 Å². The summed E-state index contributed by atoms with van der Waals surface area (Å²) in [5.74, 6) is -2.07. The summed E-state index contributed by atoms with van der Waals surface area (Å²) in [6.07, 6.45) is 1.18. The van der Waals surface area contributed by atoms with E-state index in [4.69, 9.17) is 0 Å². The van der Waals surface area contributed by atoms with Gasteiger partial charge in [-0.25, -0.2) is 17.2 Å². The fourth-order valence-electron chi connectivity index (χ4n) is 1.18. The van der Waals surface area contributed by atoms with Crippen LogP contribution in [0.15, 0.2) is 27.7 Å². The Morgan fingerprint density at radius 3 is 2.61 bits per heavy atom. The lowest BCUT2D eigenvalue weighted by molar-refractivity contribution is 0.548. The standard InChI is InChI=1S/C8H4BrF2N3O2S2/c9-5-1-4(10)2-6(11)8(5)18(15,16)13-7-3-12-14-17-7/h1-3,13H. The van der Waals surface area contributed by atoms with Gasteiger partial charge in [0.25, 0.3) is 10.0 Å². The van der Waals surface area contributed by atoms with E-state index in [9.17, 15) is 17.2 Å². The molecule has 0 atom stereocenters. The second-order valence-corrected chi connectivity index (χ2v) is 6.35. The van der Waals surface area contributed by atoms with Crippen LogP contribution in [-0.4, -0.2) is 18.0 Å². The van der Waals surface area contributed by atoms with Crippen LogP contribution in [0.4, 0.5) is 13.8 Å². The largest absolute Gasteiger partial charge is 0.268 e. The van der Waals surface area contributed by atoms with Gasteiger partial charge in [-0.05, 0) is 22.0 Å². The zero-order valence-corrected chi connectivity index (χ0v) is 11.6. The highest BCUT2D eigenvalue weighted by Gasteiger charge is 2.24. The molecule has 18 heavy (non-hydrogen) atoms. The van der Waals surface area contributed by atoms with Crippen molar-refractivity contribution in [1.82, 2.24) is 9.59 Å². The highest BCUT2D eigenvalue weighted by Crippen LogP contribution is 2.28. The molecule has 0 unspecified atom stereocenters. The minimum absolute atomic E-state index is 0.130. The summed E-state index contributed by atoms with van der Waals surface area (Å²) in [6.45, 7) is 0. The molecule has 0 aliphatic heterocycles. The van der Waals surface area contributed by atoms with Crippen molar-refractivity contribution in [3.8, 4) is 0 Å². The molecule has 2 aromatic rings. The van der Waals surface area contributed by atoms with Gasteiger partial charge in [-0.2, -0.15) is 0 Å². The van der Waals surface area contributed by atoms with Gasteiger partial charge in [-0.1, -0.05) is 4.49 Å². The van der Waals surface area contributed by atoms with Crippen LogP contribution in [0.1, 0.15) is 0 Å². The summed E-state index contributed by atoms with van der Waals surface area (Å²) in [7, 11) is -4.17. The summed E-state index contributed by atoms with van der Waals surface area (Å²) < 4.78 is 55.5. The first-order chi connectivity index (χ1) is 8.40. The molecule has 0 aliphatic rings. The average molecular weight is 356 g/mol. The maximum atomic E-state index is 13.5. The van der Waals surface area contributed by atoms with E-state index in [0.29, 0.717) is 6.07 Å². The Bertz CT molecular complexity index is 653. The second-order valence-electron chi connectivity index (χ2n) is 3.09. The molecule has 2 rings (SSSR count). The Morgan fingerprint density at radius 2 is 2.06 bits per heavy atom. The van der Waals surface area contributed by atoms with Crippen LogP contribution in [0.5, 0.6) is 0 Å². The number of benzene rings is 1. The van der Waals surface area contributed by atoms with Gasteiger partial charge >= 0.3 is 0 Å². The lowest BCUT2D eigenvalue weighted by atomic mass is 10.3. The molecule has 1 aromatic heterocycles. The number of nitrogens with zero attached hydrogens (tertiary/aromatic N) is 2. The number of nitrogens with one attached hydrogen (secondary N) is 1. The molecule has 0 fully saturated rings. The number of halogens is 3. The van der Waals surface area contributed by atoms with Crippen LogP contribution in [0.3, 0.4) is 0 Å². The van der Waals surface area contributed by atoms with Crippen LogP contribution in [0.25, 0.3) is 0 Å². The van der Waals surface area contributed by atoms with Crippen LogP contribution >= 0.6 is 27.5 Å². The summed E-state index contributed by atoms with van der Waals surface area (Å²) in [5.41, 5.74) is 0. The summed E-state index contributed by atoms with van der Waals surface area (Å²) in [4.78, 5) is -0.669. The highest BCUT2D eigenvalue weighted by atomic mass is 79.9. The van der Waals surface area contributed by atoms with Crippen molar-refractivity contribution in [2.75, 3.05) is 4.72 Å². The third kappa shape index (κ3) is 2.65. The van der Waals surface area contributed by atoms with Gasteiger partial charge in [0.15, 0.2) is 0 Å². The van der Waals surface area contributed by atoms with Crippen molar-refractivity contribution >= 4 is 42.5 Å². The minimum Gasteiger partial charge on any atom is -0.268 e. The van der Waals surface area contributed by atoms with E-state index >= 15 is 0 Å². The van der Waals surface area contributed by atoms with Gasteiger partial charge in [-0.3, -0.25) is 4.72 Å². The Labute approximate surface area is 113 Å². The number of rotatable bonds is 3. The first-order valence-corrected chi connectivity index (χ1v) is 7.40. The molecule has 0 spiro atoms. The maximum absolute atomic E-state index is 13.5. The molecule has 0 aliphatic carbocycles. The van der Waals surface area contributed by atoms with E-state index in [1.807, 2.05) is 0 Å². The Balaban J connectivity index is 2.48. The fourth-order valence-corrected chi connectivity index (χ4v) is 4.03. The molecule has 96 valence electrons. The number of hydrogen-bond donors (Lipinski definition) is 1. The smallest absolute Gasteiger partial charge is 0.266 e. The Hall–Kier alpha value is -1.13. The van der Waals surface area contributed by atoms with Crippen LogP contribution < -0.4 is 4.72 Å². The minimum atomic E-state index is -4.17. The van der Waals surface area contributed by atoms with Crippen molar-refractivity contribution in [1.29, 1.82) is 0 Å². The predicted molar refractivity (Wildman–Crippen MR) is 64.8 cm³/mol.